The molecular formula is C19H27N3O2. The van der Waals surface area contributed by atoms with Crippen molar-refractivity contribution in [2.75, 3.05) is 26.7 Å². The van der Waals surface area contributed by atoms with Crippen LogP contribution < -0.4 is 10.1 Å². The molecule has 1 aliphatic heterocycles. The van der Waals surface area contributed by atoms with E-state index in [0.717, 1.165) is 30.3 Å². The molecule has 5 heteroatoms. The van der Waals surface area contributed by atoms with Gasteiger partial charge in [0.25, 0.3) is 0 Å². The Bertz CT molecular complexity index is 662. The van der Waals surface area contributed by atoms with E-state index in [1.165, 1.54) is 5.39 Å². The van der Waals surface area contributed by atoms with Crippen LogP contribution in [0, 0.1) is 11.1 Å². The molecule has 0 bridgehead atoms. The van der Waals surface area contributed by atoms with E-state index in [-0.39, 0.29) is 11.2 Å². The van der Waals surface area contributed by atoms with Gasteiger partial charge in [-0.3, -0.25) is 0 Å². The maximum absolute atomic E-state index is 12.7. The molecule has 0 saturated carbocycles. The Labute approximate surface area is 143 Å². The monoisotopic (exact) mass is 329 g/mol. The van der Waals surface area contributed by atoms with Crippen molar-refractivity contribution in [3.63, 3.8) is 0 Å². The molecule has 1 heterocycles. The second-order valence-electron chi connectivity index (χ2n) is 6.90. The highest BCUT2D eigenvalue weighted by atomic mass is 16.5. The van der Waals surface area contributed by atoms with Gasteiger partial charge in [0.15, 0.2) is 0 Å². The van der Waals surface area contributed by atoms with Gasteiger partial charge < -0.3 is 25.9 Å². The summed E-state index contributed by atoms with van der Waals surface area (Å²) in [6.07, 6.45) is 3.05. The minimum absolute atomic E-state index is 0.156. The van der Waals surface area contributed by atoms with Crippen LogP contribution in [0.25, 0.3) is 16.6 Å². The fourth-order valence-corrected chi connectivity index (χ4v) is 3.50. The molecule has 4 atom stereocenters. The van der Waals surface area contributed by atoms with Gasteiger partial charge in [0, 0.05) is 18.6 Å². The number of rotatable bonds is 5. The van der Waals surface area contributed by atoms with Crippen LogP contribution in [0.3, 0.4) is 0 Å². The number of quaternary nitrogens is 2. The molecule has 0 aromatic heterocycles. The van der Waals surface area contributed by atoms with Crippen LogP contribution in [-0.4, -0.2) is 32.8 Å². The molecule has 0 spiro atoms. The highest BCUT2D eigenvalue weighted by molar-refractivity contribution is 5.84. The summed E-state index contributed by atoms with van der Waals surface area (Å²) in [5, 5.41) is 15.8. The predicted octanol–water partition coefficient (Wildman–Crippen LogP) is 1.52. The summed E-state index contributed by atoms with van der Waals surface area (Å²) in [4.78, 5) is 0. The van der Waals surface area contributed by atoms with Gasteiger partial charge in [0.05, 0.1) is 20.1 Å². The number of hydrogen-bond acceptors (Lipinski definition) is 2. The van der Waals surface area contributed by atoms with E-state index in [9.17, 15) is 5.21 Å². The summed E-state index contributed by atoms with van der Waals surface area (Å²) in [5.74, 6) is 8.00. The van der Waals surface area contributed by atoms with E-state index in [1.54, 1.807) is 0 Å². The lowest BCUT2D eigenvalue weighted by Gasteiger charge is -2.26. The Morgan fingerprint density at radius 2 is 1.88 bits per heavy atom. The minimum Gasteiger partial charge on any atom is -0.629 e. The maximum Gasteiger partial charge on any atom is 0.131 e. The summed E-state index contributed by atoms with van der Waals surface area (Å²) in [6, 6.07) is 14.1. The Morgan fingerprint density at radius 3 is 2.67 bits per heavy atom. The number of likely N-dealkylation sites (N-methyl/N-ethyl adjacent to an activating group) is 1. The standard InChI is InChI=1S/C19H27N3O2/c1-21(20)14-19-9-6-15(10-11-24-19)13-22(23)18-8-7-16-4-2-3-5-17(16)12-18/h2-5,7-8,12,15,19-22H,6,9-11,13-14H2,1H3. The van der Waals surface area contributed by atoms with Crippen LogP contribution in [-0.2, 0) is 4.74 Å². The van der Waals surface area contributed by atoms with Gasteiger partial charge >= 0.3 is 0 Å². The van der Waals surface area contributed by atoms with Crippen LogP contribution in [0.5, 0.6) is 0 Å². The molecule has 2 aromatic carbocycles. The van der Waals surface area contributed by atoms with Gasteiger partial charge in [-0.2, -0.15) is 0 Å². The fraction of sp³-hybridized carbons (Fsp3) is 0.474. The van der Waals surface area contributed by atoms with Gasteiger partial charge in [0.2, 0.25) is 0 Å². The van der Waals surface area contributed by atoms with Gasteiger partial charge in [-0.15, -0.1) is 0 Å². The molecule has 1 saturated heterocycles. The zero-order valence-corrected chi connectivity index (χ0v) is 14.3. The molecule has 4 unspecified atom stereocenters. The summed E-state index contributed by atoms with van der Waals surface area (Å²) in [5.41, 5.74) is 0.811. The van der Waals surface area contributed by atoms with Crippen LogP contribution in [0.4, 0.5) is 5.69 Å². The normalized spacial score (nSPS) is 24.5. The molecule has 3 N–H and O–H groups in total. The number of nitrogens with one attached hydrogen (secondary N) is 3. The summed E-state index contributed by atoms with van der Waals surface area (Å²) < 4.78 is 5.84. The van der Waals surface area contributed by atoms with E-state index in [2.05, 4.69) is 12.1 Å². The van der Waals surface area contributed by atoms with Gasteiger partial charge in [-0.05, 0) is 42.2 Å². The van der Waals surface area contributed by atoms with Crippen molar-refractivity contribution in [1.29, 1.82) is 0 Å². The summed E-state index contributed by atoms with van der Waals surface area (Å²) in [6.45, 7) is 2.01. The van der Waals surface area contributed by atoms with Crippen molar-refractivity contribution in [3.8, 4) is 0 Å². The zero-order valence-electron chi connectivity index (χ0n) is 14.3. The van der Waals surface area contributed by atoms with E-state index >= 15 is 0 Å². The fourth-order valence-electron chi connectivity index (χ4n) is 3.50. The van der Waals surface area contributed by atoms with Crippen molar-refractivity contribution in [3.05, 3.63) is 53.5 Å². The van der Waals surface area contributed by atoms with E-state index in [1.807, 2.05) is 37.4 Å². The van der Waals surface area contributed by atoms with Crippen LogP contribution in [0.15, 0.2) is 42.5 Å². The third-order valence-electron chi connectivity index (χ3n) is 4.86. The van der Waals surface area contributed by atoms with E-state index in [0.29, 0.717) is 30.6 Å². The van der Waals surface area contributed by atoms with E-state index in [4.69, 9.17) is 10.6 Å². The Balaban J connectivity index is 1.60. The molecule has 5 nitrogen and oxygen atoms in total. The summed E-state index contributed by atoms with van der Waals surface area (Å²) >= 11 is 0. The SMILES string of the molecule is C[NH+]([NH-])CC1CCC(C[NH+]([O-])c2ccc3ccccc3c2)CCO1. The van der Waals surface area contributed by atoms with E-state index < -0.39 is 0 Å². The maximum atomic E-state index is 12.7. The molecule has 0 amide bonds. The molecule has 2 aromatic rings. The first-order valence-electron chi connectivity index (χ1n) is 8.79. The molecule has 0 aliphatic carbocycles. The third kappa shape index (κ3) is 4.53. The van der Waals surface area contributed by atoms with Crippen molar-refractivity contribution < 1.29 is 14.8 Å². The molecule has 24 heavy (non-hydrogen) atoms. The third-order valence-corrected chi connectivity index (χ3v) is 4.86. The molecular weight excluding hydrogens is 302 g/mol. The second kappa shape index (κ2) is 8.05. The Hall–Kier alpha value is -1.50. The average molecular weight is 329 g/mol. The van der Waals surface area contributed by atoms with Crippen LogP contribution >= 0.6 is 0 Å². The molecule has 3 rings (SSSR count). The first kappa shape index (κ1) is 17.3. The largest absolute Gasteiger partial charge is 0.629 e. The first-order valence-corrected chi connectivity index (χ1v) is 8.79. The highest BCUT2D eigenvalue weighted by Crippen LogP contribution is 2.20. The smallest absolute Gasteiger partial charge is 0.131 e. The van der Waals surface area contributed by atoms with Crippen LogP contribution in [0.1, 0.15) is 19.3 Å². The summed E-state index contributed by atoms with van der Waals surface area (Å²) in [7, 11) is 1.83. The second-order valence-corrected chi connectivity index (χ2v) is 6.90. The topological polar surface area (TPSA) is 65.0 Å². The number of hydroxylamine groups is 1. The van der Waals surface area contributed by atoms with Gasteiger partial charge in [-0.25, -0.2) is 0 Å². The lowest BCUT2D eigenvalue weighted by atomic mass is 9.98. The lowest BCUT2D eigenvalue weighted by molar-refractivity contribution is -0.830. The van der Waals surface area contributed by atoms with Crippen LogP contribution in [0.2, 0.25) is 0 Å². The lowest BCUT2D eigenvalue weighted by Crippen LogP contribution is -3.03. The molecule has 0 radical (unpaired) electrons. The number of hydrogen-bond donors (Lipinski definition) is 2. The van der Waals surface area contributed by atoms with Crippen molar-refractivity contribution in [2.45, 2.75) is 25.4 Å². The zero-order chi connectivity index (χ0) is 16.9. The Morgan fingerprint density at radius 1 is 1.08 bits per heavy atom. The number of benzene rings is 2. The molecule has 1 aliphatic rings. The predicted molar refractivity (Wildman–Crippen MR) is 96.0 cm³/mol. The number of fused-ring (bicyclic) bond motifs is 1. The molecule has 1 fully saturated rings. The minimum atomic E-state index is 0.156. The quantitative estimate of drug-likeness (QED) is 0.817. The Kier molecular flexibility index (Phi) is 5.81. The van der Waals surface area contributed by atoms with Crippen molar-refractivity contribution in [2.24, 2.45) is 5.92 Å². The number of ether oxygens (including phenoxy) is 1. The average Bonchev–Trinajstić information content (AvgIpc) is 2.79. The van der Waals surface area contributed by atoms with Gasteiger partial charge in [0.1, 0.15) is 11.8 Å². The van der Waals surface area contributed by atoms with Gasteiger partial charge in [-0.1, -0.05) is 24.3 Å². The van der Waals surface area contributed by atoms with Crippen molar-refractivity contribution in [1.82, 2.24) is 0 Å². The first-order chi connectivity index (χ1) is 11.6. The molecule has 130 valence electrons. The van der Waals surface area contributed by atoms with Crippen molar-refractivity contribution >= 4 is 16.5 Å². The highest BCUT2D eigenvalue weighted by Gasteiger charge is 2.22.